The second kappa shape index (κ2) is 9.94. The van der Waals surface area contributed by atoms with Gasteiger partial charge in [0.1, 0.15) is 0 Å². The molecule has 3 rings (SSSR count). The quantitative estimate of drug-likeness (QED) is 0.325. The van der Waals surface area contributed by atoms with Gasteiger partial charge in [-0.25, -0.2) is 4.98 Å². The van der Waals surface area contributed by atoms with Gasteiger partial charge in [-0.2, -0.15) is 0 Å². The summed E-state index contributed by atoms with van der Waals surface area (Å²) in [6, 6.07) is 16.7. The van der Waals surface area contributed by atoms with Crippen molar-refractivity contribution in [3.8, 4) is 0 Å². The molecular weight excluding hydrogens is 374 g/mol. The van der Waals surface area contributed by atoms with Gasteiger partial charge in [0, 0.05) is 12.1 Å². The number of imidazole rings is 1. The summed E-state index contributed by atoms with van der Waals surface area (Å²) in [7, 11) is 0. The average Bonchev–Trinajstić information content (AvgIpc) is 3.14. The molecule has 0 radical (unpaired) electrons. The topological polar surface area (TPSA) is 84.1 Å². The van der Waals surface area contributed by atoms with Gasteiger partial charge in [-0.3, -0.25) is 9.59 Å². The molecule has 1 aromatic heterocycles. The molecule has 0 saturated heterocycles. The smallest absolute Gasteiger partial charge is 0.317 e. The highest BCUT2D eigenvalue weighted by molar-refractivity contribution is 7.99. The molecule has 0 fully saturated rings. The first-order valence-corrected chi connectivity index (χ1v) is 10.3. The molecule has 0 aliphatic rings. The van der Waals surface area contributed by atoms with Crippen LogP contribution in [0.5, 0.6) is 0 Å². The molecule has 6 nitrogen and oxygen atoms in total. The SMILES string of the molecule is CCCCNC(=O)C(OC(=O)CSc1nc2ccccc2[nH]1)c1ccccc1. The van der Waals surface area contributed by atoms with Crippen LogP contribution in [-0.4, -0.2) is 34.1 Å². The Morgan fingerprint density at radius 1 is 1.14 bits per heavy atom. The Morgan fingerprint density at radius 3 is 2.64 bits per heavy atom. The highest BCUT2D eigenvalue weighted by Gasteiger charge is 2.24. The molecule has 0 saturated carbocycles. The number of aromatic amines is 1. The Balaban J connectivity index is 1.62. The number of carbonyl (C=O) groups excluding carboxylic acids is 2. The van der Waals surface area contributed by atoms with E-state index in [1.54, 1.807) is 12.1 Å². The van der Waals surface area contributed by atoms with Crippen molar-refractivity contribution >= 4 is 34.7 Å². The van der Waals surface area contributed by atoms with Crippen LogP contribution in [0.25, 0.3) is 11.0 Å². The van der Waals surface area contributed by atoms with E-state index in [0.717, 1.165) is 23.9 Å². The number of hydrogen-bond donors (Lipinski definition) is 2. The zero-order valence-corrected chi connectivity index (χ0v) is 16.5. The molecule has 146 valence electrons. The summed E-state index contributed by atoms with van der Waals surface area (Å²) in [6.07, 6.45) is 0.898. The van der Waals surface area contributed by atoms with Gasteiger partial charge >= 0.3 is 5.97 Å². The van der Waals surface area contributed by atoms with Gasteiger partial charge in [0.25, 0.3) is 5.91 Å². The van der Waals surface area contributed by atoms with Crippen molar-refractivity contribution in [3.63, 3.8) is 0 Å². The summed E-state index contributed by atoms with van der Waals surface area (Å²) in [5.41, 5.74) is 2.41. The fraction of sp³-hybridized carbons (Fsp3) is 0.286. The van der Waals surface area contributed by atoms with Crippen molar-refractivity contribution in [1.82, 2.24) is 15.3 Å². The third kappa shape index (κ3) is 5.36. The number of rotatable bonds is 9. The van der Waals surface area contributed by atoms with Crippen LogP contribution in [0.1, 0.15) is 31.4 Å². The number of carbonyl (C=O) groups is 2. The highest BCUT2D eigenvalue weighted by atomic mass is 32.2. The molecule has 0 aliphatic heterocycles. The minimum atomic E-state index is -0.957. The summed E-state index contributed by atoms with van der Waals surface area (Å²) in [4.78, 5) is 32.5. The summed E-state index contributed by atoms with van der Waals surface area (Å²) < 4.78 is 5.51. The number of benzene rings is 2. The van der Waals surface area contributed by atoms with Crippen LogP contribution in [0.15, 0.2) is 59.8 Å². The van der Waals surface area contributed by atoms with Gasteiger partial charge in [-0.05, 0) is 18.6 Å². The molecule has 0 aliphatic carbocycles. The number of para-hydroxylation sites is 2. The molecule has 3 aromatic rings. The van der Waals surface area contributed by atoms with E-state index in [-0.39, 0.29) is 11.7 Å². The Bertz CT molecular complexity index is 894. The monoisotopic (exact) mass is 397 g/mol. The summed E-state index contributed by atoms with van der Waals surface area (Å²) in [5, 5.41) is 3.48. The zero-order valence-electron chi connectivity index (χ0n) is 15.7. The molecule has 0 bridgehead atoms. The third-order valence-electron chi connectivity index (χ3n) is 4.11. The van der Waals surface area contributed by atoms with E-state index in [9.17, 15) is 9.59 Å². The number of thioether (sulfide) groups is 1. The lowest BCUT2D eigenvalue weighted by Crippen LogP contribution is -2.33. The second-order valence-electron chi connectivity index (χ2n) is 6.27. The molecule has 7 heteroatoms. The Morgan fingerprint density at radius 2 is 1.89 bits per heavy atom. The van der Waals surface area contributed by atoms with Crippen molar-refractivity contribution in [2.24, 2.45) is 0 Å². The number of unbranched alkanes of at least 4 members (excludes halogenated alkanes) is 1. The van der Waals surface area contributed by atoms with E-state index in [1.165, 1.54) is 11.8 Å². The van der Waals surface area contributed by atoms with E-state index in [0.29, 0.717) is 17.3 Å². The normalized spacial score (nSPS) is 11.9. The number of aromatic nitrogens is 2. The summed E-state index contributed by atoms with van der Waals surface area (Å²) in [6.45, 7) is 2.61. The number of nitrogens with zero attached hydrogens (tertiary/aromatic N) is 1. The number of nitrogens with one attached hydrogen (secondary N) is 2. The van der Waals surface area contributed by atoms with Gasteiger partial charge in [-0.1, -0.05) is 67.6 Å². The maximum atomic E-state index is 12.5. The van der Waals surface area contributed by atoms with E-state index in [2.05, 4.69) is 22.2 Å². The minimum absolute atomic E-state index is 0.0609. The van der Waals surface area contributed by atoms with Gasteiger partial charge in [0.2, 0.25) is 6.10 Å². The van der Waals surface area contributed by atoms with Crippen LogP contribution in [0.3, 0.4) is 0 Å². The van der Waals surface area contributed by atoms with Crippen LogP contribution in [-0.2, 0) is 14.3 Å². The van der Waals surface area contributed by atoms with Gasteiger partial charge < -0.3 is 15.0 Å². The van der Waals surface area contributed by atoms with Gasteiger partial charge in [-0.15, -0.1) is 0 Å². The number of amides is 1. The lowest BCUT2D eigenvalue weighted by Gasteiger charge is -2.18. The number of fused-ring (bicyclic) bond motifs is 1. The first-order valence-electron chi connectivity index (χ1n) is 9.27. The number of ether oxygens (including phenoxy) is 1. The third-order valence-corrected chi connectivity index (χ3v) is 4.96. The van der Waals surface area contributed by atoms with Crippen molar-refractivity contribution < 1.29 is 14.3 Å². The van der Waals surface area contributed by atoms with Crippen LogP contribution in [0.4, 0.5) is 0 Å². The van der Waals surface area contributed by atoms with E-state index in [4.69, 9.17) is 4.74 Å². The van der Waals surface area contributed by atoms with E-state index in [1.807, 2.05) is 42.5 Å². The van der Waals surface area contributed by atoms with Crippen molar-refractivity contribution in [2.45, 2.75) is 31.0 Å². The predicted octanol–water partition coefficient (Wildman–Crippen LogP) is 3.86. The Kier molecular flexibility index (Phi) is 7.08. The minimum Gasteiger partial charge on any atom is -0.447 e. The molecule has 1 atom stereocenters. The first kappa shape index (κ1) is 19.9. The number of H-pyrrole nitrogens is 1. The summed E-state index contributed by atoms with van der Waals surface area (Å²) >= 11 is 1.25. The van der Waals surface area contributed by atoms with E-state index >= 15 is 0 Å². The largest absolute Gasteiger partial charge is 0.447 e. The first-order chi connectivity index (χ1) is 13.7. The molecule has 0 spiro atoms. The molecule has 2 aromatic carbocycles. The average molecular weight is 398 g/mol. The molecule has 28 heavy (non-hydrogen) atoms. The fourth-order valence-corrected chi connectivity index (χ4v) is 3.34. The lowest BCUT2D eigenvalue weighted by molar-refractivity contribution is -0.154. The van der Waals surface area contributed by atoms with Crippen molar-refractivity contribution in [1.29, 1.82) is 0 Å². The standard InChI is InChI=1S/C21H23N3O3S/c1-2-3-13-22-20(26)19(15-9-5-4-6-10-15)27-18(25)14-28-21-23-16-11-7-8-12-17(16)24-21/h4-12,19H,2-3,13-14H2,1H3,(H,22,26)(H,23,24). The Hall–Kier alpha value is -2.80. The van der Waals surface area contributed by atoms with Gasteiger partial charge in [0.15, 0.2) is 5.16 Å². The number of hydrogen-bond acceptors (Lipinski definition) is 5. The molecule has 1 amide bonds. The molecule has 1 heterocycles. The van der Waals surface area contributed by atoms with Crippen LogP contribution >= 0.6 is 11.8 Å². The van der Waals surface area contributed by atoms with E-state index < -0.39 is 12.1 Å². The maximum Gasteiger partial charge on any atom is 0.317 e. The van der Waals surface area contributed by atoms with Crippen LogP contribution in [0, 0.1) is 0 Å². The van der Waals surface area contributed by atoms with Gasteiger partial charge in [0.05, 0.1) is 16.8 Å². The lowest BCUT2D eigenvalue weighted by atomic mass is 10.1. The van der Waals surface area contributed by atoms with Crippen LogP contribution < -0.4 is 5.32 Å². The van der Waals surface area contributed by atoms with Crippen molar-refractivity contribution in [3.05, 3.63) is 60.2 Å². The second-order valence-corrected chi connectivity index (χ2v) is 7.24. The maximum absolute atomic E-state index is 12.5. The molecule has 1 unspecified atom stereocenters. The number of esters is 1. The fourth-order valence-electron chi connectivity index (χ4n) is 2.67. The molecule has 2 N–H and O–H groups in total. The van der Waals surface area contributed by atoms with Crippen LogP contribution in [0.2, 0.25) is 0 Å². The summed E-state index contributed by atoms with van der Waals surface area (Å²) in [5.74, 6) is -0.711. The highest BCUT2D eigenvalue weighted by Crippen LogP contribution is 2.22. The molecular formula is C21H23N3O3S. The Labute approximate surface area is 168 Å². The zero-order chi connectivity index (χ0) is 19.8. The van der Waals surface area contributed by atoms with Crippen molar-refractivity contribution in [2.75, 3.05) is 12.3 Å². The predicted molar refractivity (Wildman–Crippen MR) is 110 cm³/mol.